The van der Waals surface area contributed by atoms with Gasteiger partial charge >= 0.3 is 0 Å². The van der Waals surface area contributed by atoms with E-state index in [1.54, 1.807) is 43.4 Å². The number of aromatic nitrogens is 2. The molecule has 0 bridgehead atoms. The highest BCUT2D eigenvalue weighted by molar-refractivity contribution is 5.80. The van der Waals surface area contributed by atoms with Crippen LogP contribution in [0.3, 0.4) is 0 Å². The fraction of sp³-hybridized carbons (Fsp3) is 0.450. The number of nitrogens with one attached hydrogen (secondary N) is 2. The lowest BCUT2D eigenvalue weighted by atomic mass is 9.93. The molecular weight excluding hydrogens is 359 g/mol. The summed E-state index contributed by atoms with van der Waals surface area (Å²) in [5, 5.41) is 6.00. The highest BCUT2D eigenvalue weighted by Crippen LogP contribution is 2.20. The van der Waals surface area contributed by atoms with Gasteiger partial charge in [0.2, 0.25) is 5.91 Å². The van der Waals surface area contributed by atoms with Gasteiger partial charge in [-0.2, -0.15) is 0 Å². The second-order valence-electron chi connectivity index (χ2n) is 6.96. The van der Waals surface area contributed by atoms with Gasteiger partial charge < -0.3 is 20.1 Å². The van der Waals surface area contributed by atoms with Crippen molar-refractivity contribution in [2.75, 3.05) is 27.2 Å². The number of halogens is 1. The van der Waals surface area contributed by atoms with Crippen LogP contribution in [0, 0.1) is 11.7 Å². The number of benzene rings is 1. The van der Waals surface area contributed by atoms with E-state index in [4.69, 9.17) is 0 Å². The lowest BCUT2D eigenvalue weighted by Gasteiger charge is -2.34. The van der Waals surface area contributed by atoms with E-state index < -0.39 is 0 Å². The molecule has 2 N–H and O–H groups in total. The van der Waals surface area contributed by atoms with Crippen molar-refractivity contribution in [3.05, 3.63) is 48.3 Å². The van der Waals surface area contributed by atoms with Crippen LogP contribution in [0.2, 0.25) is 0 Å². The van der Waals surface area contributed by atoms with Crippen molar-refractivity contribution in [2.24, 2.45) is 10.9 Å². The minimum atomic E-state index is -0.290. The summed E-state index contributed by atoms with van der Waals surface area (Å²) in [5.74, 6) is 1.03. The molecule has 7 nitrogen and oxygen atoms in total. The molecule has 2 heterocycles. The van der Waals surface area contributed by atoms with Crippen molar-refractivity contribution in [1.29, 1.82) is 0 Å². The molecule has 8 heteroatoms. The maximum absolute atomic E-state index is 14.4. The van der Waals surface area contributed by atoms with Gasteiger partial charge in [-0.25, -0.2) is 9.37 Å². The summed E-state index contributed by atoms with van der Waals surface area (Å²) in [4.78, 5) is 22.0. The Kier molecular flexibility index (Phi) is 6.62. The van der Waals surface area contributed by atoms with E-state index in [-0.39, 0.29) is 11.7 Å². The van der Waals surface area contributed by atoms with Crippen molar-refractivity contribution >= 4 is 11.9 Å². The Balaban J connectivity index is 1.53. The van der Waals surface area contributed by atoms with Gasteiger partial charge in [0, 0.05) is 52.5 Å². The summed E-state index contributed by atoms with van der Waals surface area (Å²) in [6, 6.07) is 5.18. The molecule has 0 aliphatic carbocycles. The lowest BCUT2D eigenvalue weighted by molar-refractivity contribution is -0.121. The first-order valence-corrected chi connectivity index (χ1v) is 9.53. The van der Waals surface area contributed by atoms with Gasteiger partial charge in [0.25, 0.3) is 0 Å². The highest BCUT2D eigenvalue weighted by atomic mass is 19.1. The van der Waals surface area contributed by atoms with Crippen LogP contribution < -0.4 is 10.6 Å². The zero-order valence-electron chi connectivity index (χ0n) is 16.4. The maximum Gasteiger partial charge on any atom is 0.220 e. The van der Waals surface area contributed by atoms with Crippen LogP contribution in [-0.2, 0) is 11.3 Å². The predicted octanol–water partition coefficient (Wildman–Crippen LogP) is 1.93. The van der Waals surface area contributed by atoms with Crippen molar-refractivity contribution in [3.8, 4) is 5.69 Å². The Bertz CT molecular complexity index is 812. The van der Waals surface area contributed by atoms with Gasteiger partial charge in [-0.05, 0) is 36.5 Å². The summed E-state index contributed by atoms with van der Waals surface area (Å²) < 4.78 is 16.0. The fourth-order valence-corrected chi connectivity index (χ4v) is 3.50. The van der Waals surface area contributed by atoms with Crippen molar-refractivity contribution in [2.45, 2.75) is 25.8 Å². The smallest absolute Gasteiger partial charge is 0.220 e. The molecule has 0 radical (unpaired) electrons. The molecule has 0 saturated carbocycles. The van der Waals surface area contributed by atoms with Crippen LogP contribution in [0.1, 0.15) is 24.8 Å². The molecule has 2 aromatic rings. The Morgan fingerprint density at radius 1 is 1.36 bits per heavy atom. The summed E-state index contributed by atoms with van der Waals surface area (Å²) in [5.41, 5.74) is 1.32. The Morgan fingerprint density at radius 3 is 2.75 bits per heavy atom. The summed E-state index contributed by atoms with van der Waals surface area (Å²) >= 11 is 0. The van der Waals surface area contributed by atoms with Gasteiger partial charge in [-0.15, -0.1) is 0 Å². The number of nitrogens with zero attached hydrogens (tertiary/aromatic N) is 4. The zero-order chi connectivity index (χ0) is 19.9. The van der Waals surface area contributed by atoms with Gasteiger partial charge in [0.1, 0.15) is 5.82 Å². The van der Waals surface area contributed by atoms with E-state index >= 15 is 0 Å². The lowest BCUT2D eigenvalue weighted by Crippen LogP contribution is -2.45. The Hall–Kier alpha value is -2.90. The largest absolute Gasteiger partial charge is 0.359 e. The summed E-state index contributed by atoms with van der Waals surface area (Å²) in [7, 11) is 3.43. The number of carbonyl (C=O) groups is 1. The van der Waals surface area contributed by atoms with E-state index in [2.05, 4.69) is 25.5 Å². The summed E-state index contributed by atoms with van der Waals surface area (Å²) in [6.07, 6.45) is 7.41. The van der Waals surface area contributed by atoms with Crippen LogP contribution in [0.25, 0.3) is 5.69 Å². The van der Waals surface area contributed by atoms with Crippen LogP contribution >= 0.6 is 0 Å². The predicted molar refractivity (Wildman–Crippen MR) is 107 cm³/mol. The van der Waals surface area contributed by atoms with Crippen LogP contribution in [0.15, 0.2) is 41.9 Å². The molecule has 1 amide bonds. The quantitative estimate of drug-likeness (QED) is 0.608. The third-order valence-corrected chi connectivity index (χ3v) is 5.12. The van der Waals surface area contributed by atoms with E-state index in [1.807, 2.05) is 6.07 Å². The second-order valence-corrected chi connectivity index (χ2v) is 6.96. The Morgan fingerprint density at radius 2 is 2.14 bits per heavy atom. The maximum atomic E-state index is 14.4. The number of amides is 1. The number of aliphatic imine (C=N–C) groups is 1. The first-order chi connectivity index (χ1) is 13.6. The molecule has 1 aromatic carbocycles. The van der Waals surface area contributed by atoms with Crippen LogP contribution in [0.5, 0.6) is 0 Å². The van der Waals surface area contributed by atoms with E-state index in [0.29, 0.717) is 24.6 Å². The number of carbonyl (C=O) groups excluding carboxylic acids is 1. The monoisotopic (exact) mass is 386 g/mol. The van der Waals surface area contributed by atoms with Crippen molar-refractivity contribution in [3.63, 3.8) is 0 Å². The van der Waals surface area contributed by atoms with Gasteiger partial charge in [-0.1, -0.05) is 6.07 Å². The minimum absolute atomic E-state index is 0.0992. The molecule has 0 spiro atoms. The normalized spacial score (nSPS) is 15.5. The third-order valence-electron chi connectivity index (χ3n) is 5.12. The minimum Gasteiger partial charge on any atom is -0.359 e. The number of guanidine groups is 1. The summed E-state index contributed by atoms with van der Waals surface area (Å²) in [6.45, 7) is 2.20. The number of hydrogen-bond acceptors (Lipinski definition) is 3. The molecule has 0 unspecified atom stereocenters. The molecular formula is C20H27FN6O. The van der Waals surface area contributed by atoms with Crippen LogP contribution in [-0.4, -0.2) is 53.5 Å². The van der Waals surface area contributed by atoms with E-state index in [9.17, 15) is 9.18 Å². The molecule has 1 aliphatic heterocycles. The van der Waals surface area contributed by atoms with Crippen molar-refractivity contribution < 1.29 is 9.18 Å². The molecule has 0 atom stereocenters. The first kappa shape index (κ1) is 19.9. The average molecular weight is 386 g/mol. The topological polar surface area (TPSA) is 74.5 Å². The molecule has 1 saturated heterocycles. The Labute approximate surface area is 164 Å². The van der Waals surface area contributed by atoms with Crippen molar-refractivity contribution in [1.82, 2.24) is 25.1 Å². The number of likely N-dealkylation sites (tertiary alicyclic amines) is 1. The first-order valence-electron chi connectivity index (χ1n) is 9.53. The molecule has 1 aromatic heterocycles. The van der Waals surface area contributed by atoms with Crippen LogP contribution in [0.4, 0.5) is 4.39 Å². The molecule has 3 rings (SSSR count). The zero-order valence-corrected chi connectivity index (χ0v) is 16.4. The highest BCUT2D eigenvalue weighted by Gasteiger charge is 2.23. The number of hydrogen-bond donors (Lipinski definition) is 2. The molecule has 1 fully saturated rings. The molecule has 28 heavy (non-hydrogen) atoms. The number of piperidine rings is 1. The molecule has 150 valence electrons. The number of rotatable bonds is 5. The van der Waals surface area contributed by atoms with E-state index in [0.717, 1.165) is 37.5 Å². The van der Waals surface area contributed by atoms with Gasteiger partial charge in [-0.3, -0.25) is 9.79 Å². The standard InChI is InChI=1S/C20H27FN6O/c1-22-19(28)12-15-5-8-26(9-6-15)20(23-2)25-13-16-3-4-18(17(21)11-16)27-10-7-24-14-27/h3-4,7,10-11,14-15H,5-6,8-9,12-13H2,1-2H3,(H,22,28)(H,23,25). The number of imidazole rings is 1. The SMILES string of the molecule is CN=C(NCc1ccc(-n2ccnc2)c(F)c1)N1CCC(CC(=O)NC)CC1. The van der Waals surface area contributed by atoms with Gasteiger partial charge in [0.15, 0.2) is 5.96 Å². The third kappa shape index (κ3) is 4.88. The second kappa shape index (κ2) is 9.34. The fourth-order valence-electron chi connectivity index (χ4n) is 3.50. The van der Waals surface area contributed by atoms with E-state index in [1.165, 1.54) is 6.07 Å². The molecule has 1 aliphatic rings. The average Bonchev–Trinajstić information content (AvgIpc) is 3.24. The van der Waals surface area contributed by atoms with Gasteiger partial charge in [0.05, 0.1) is 12.0 Å².